The zero-order valence-electron chi connectivity index (χ0n) is 9.93. The van der Waals surface area contributed by atoms with Crippen LogP contribution in [-0.4, -0.2) is 33.7 Å². The first kappa shape index (κ1) is 13.1. The number of nitrogens with two attached hydrogens (primary N) is 1. The minimum Gasteiger partial charge on any atom is -0.388 e. The molecular weight excluding hydrogens is 224 g/mol. The third-order valence-electron chi connectivity index (χ3n) is 2.54. The molecule has 2 N–H and O–H groups in total. The molecule has 0 aromatic carbocycles. The first-order chi connectivity index (χ1) is 7.65. The van der Waals surface area contributed by atoms with Gasteiger partial charge in [0.2, 0.25) is 0 Å². The summed E-state index contributed by atoms with van der Waals surface area (Å²) in [5, 5.41) is 8.15. The number of ether oxygens (including phenoxy) is 1. The van der Waals surface area contributed by atoms with Crippen LogP contribution >= 0.6 is 12.2 Å². The Bertz CT molecular complexity index is 364. The first-order valence-electron chi connectivity index (χ1n) is 5.38. The molecule has 16 heavy (non-hydrogen) atoms. The Balaban J connectivity index is 3.07. The van der Waals surface area contributed by atoms with Crippen molar-refractivity contribution < 1.29 is 4.74 Å². The zero-order valence-corrected chi connectivity index (χ0v) is 10.8. The summed E-state index contributed by atoms with van der Waals surface area (Å²) in [6.07, 6.45) is 1.74. The molecule has 0 bridgehead atoms. The number of aromatic nitrogens is 3. The molecule has 0 radical (unpaired) electrons. The highest BCUT2D eigenvalue weighted by atomic mass is 32.1. The molecule has 0 saturated carbocycles. The molecule has 1 aromatic heterocycles. The van der Waals surface area contributed by atoms with Crippen LogP contribution in [0.3, 0.4) is 0 Å². The third kappa shape index (κ3) is 2.56. The topological polar surface area (TPSA) is 66.0 Å². The van der Waals surface area contributed by atoms with Gasteiger partial charge in [-0.05, 0) is 12.8 Å². The summed E-state index contributed by atoms with van der Waals surface area (Å²) in [4.78, 5) is 0.301. The van der Waals surface area contributed by atoms with Crippen molar-refractivity contribution in [3.63, 3.8) is 0 Å². The molecule has 1 heterocycles. The Hall–Kier alpha value is -1.01. The third-order valence-corrected chi connectivity index (χ3v) is 2.73. The fourth-order valence-electron chi connectivity index (χ4n) is 1.68. The minimum absolute atomic E-state index is 0.190. The summed E-state index contributed by atoms with van der Waals surface area (Å²) in [5.41, 5.74) is 7.22. The molecule has 90 valence electrons. The summed E-state index contributed by atoms with van der Waals surface area (Å²) >= 11 is 4.95. The van der Waals surface area contributed by atoms with Crippen LogP contribution in [-0.2, 0) is 11.2 Å². The van der Waals surface area contributed by atoms with Crippen molar-refractivity contribution in [2.75, 3.05) is 13.7 Å². The molecule has 0 saturated heterocycles. The van der Waals surface area contributed by atoms with Gasteiger partial charge in [0.1, 0.15) is 10.7 Å². The van der Waals surface area contributed by atoms with E-state index in [1.807, 2.05) is 11.6 Å². The van der Waals surface area contributed by atoms with Crippen molar-refractivity contribution in [3.05, 3.63) is 11.4 Å². The van der Waals surface area contributed by atoms with Gasteiger partial charge in [-0.3, -0.25) is 0 Å². The summed E-state index contributed by atoms with van der Waals surface area (Å²) < 4.78 is 7.04. The fourth-order valence-corrected chi connectivity index (χ4v) is 1.84. The van der Waals surface area contributed by atoms with E-state index in [9.17, 15) is 0 Å². The second kappa shape index (κ2) is 5.91. The highest BCUT2D eigenvalue weighted by molar-refractivity contribution is 7.80. The van der Waals surface area contributed by atoms with E-state index < -0.39 is 0 Å². The van der Waals surface area contributed by atoms with Crippen LogP contribution in [0.1, 0.15) is 37.7 Å². The van der Waals surface area contributed by atoms with Crippen LogP contribution in [0, 0.1) is 0 Å². The van der Waals surface area contributed by atoms with Gasteiger partial charge in [0, 0.05) is 7.11 Å². The summed E-state index contributed by atoms with van der Waals surface area (Å²) in [7, 11) is 1.68. The van der Waals surface area contributed by atoms with E-state index in [1.54, 1.807) is 7.11 Å². The van der Waals surface area contributed by atoms with Gasteiger partial charge in [-0.15, -0.1) is 5.10 Å². The molecule has 1 rings (SSSR count). The second-order valence-electron chi connectivity index (χ2n) is 3.56. The monoisotopic (exact) mass is 242 g/mol. The van der Waals surface area contributed by atoms with Gasteiger partial charge < -0.3 is 10.5 Å². The van der Waals surface area contributed by atoms with Crippen molar-refractivity contribution in [1.29, 1.82) is 0 Å². The predicted octanol–water partition coefficient (Wildman–Crippen LogP) is 1.07. The Kier molecular flexibility index (Phi) is 4.82. The maximum Gasteiger partial charge on any atom is 0.143 e. The largest absolute Gasteiger partial charge is 0.388 e. The van der Waals surface area contributed by atoms with E-state index in [2.05, 4.69) is 17.2 Å². The van der Waals surface area contributed by atoms with Crippen LogP contribution < -0.4 is 5.73 Å². The van der Waals surface area contributed by atoms with Gasteiger partial charge in [0.05, 0.1) is 18.3 Å². The standard InChI is InChI=1S/C10H18N4OS/c1-4-7(6-15-3)14-8(5-2)9(10(11)16)12-13-14/h7H,4-6H2,1-3H3,(H2,11,16). The van der Waals surface area contributed by atoms with Crippen LogP contribution in [0.15, 0.2) is 0 Å². The highest BCUT2D eigenvalue weighted by Crippen LogP contribution is 2.16. The number of hydrogen-bond donors (Lipinski definition) is 1. The average molecular weight is 242 g/mol. The molecule has 1 unspecified atom stereocenters. The van der Waals surface area contributed by atoms with Crippen LogP contribution in [0.4, 0.5) is 0 Å². The summed E-state index contributed by atoms with van der Waals surface area (Å²) in [6.45, 7) is 4.74. The number of thiocarbonyl (C=S) groups is 1. The molecule has 0 spiro atoms. The van der Waals surface area contributed by atoms with E-state index in [4.69, 9.17) is 22.7 Å². The quantitative estimate of drug-likeness (QED) is 0.756. The van der Waals surface area contributed by atoms with Gasteiger partial charge >= 0.3 is 0 Å². The van der Waals surface area contributed by atoms with Crippen molar-refractivity contribution in [1.82, 2.24) is 15.0 Å². The van der Waals surface area contributed by atoms with E-state index in [0.29, 0.717) is 17.3 Å². The predicted molar refractivity (Wildman–Crippen MR) is 66.5 cm³/mol. The molecule has 0 aliphatic carbocycles. The van der Waals surface area contributed by atoms with Gasteiger partial charge in [-0.2, -0.15) is 0 Å². The average Bonchev–Trinajstić information content (AvgIpc) is 2.69. The van der Waals surface area contributed by atoms with E-state index in [-0.39, 0.29) is 6.04 Å². The highest BCUT2D eigenvalue weighted by Gasteiger charge is 2.18. The van der Waals surface area contributed by atoms with Crippen LogP contribution in [0.25, 0.3) is 0 Å². The first-order valence-corrected chi connectivity index (χ1v) is 5.79. The molecule has 1 aromatic rings. The Morgan fingerprint density at radius 3 is 2.69 bits per heavy atom. The maximum atomic E-state index is 5.60. The molecule has 5 nitrogen and oxygen atoms in total. The lowest BCUT2D eigenvalue weighted by Gasteiger charge is -2.16. The molecule has 6 heteroatoms. The Labute approximate surface area is 101 Å². The molecule has 0 aliphatic heterocycles. The van der Waals surface area contributed by atoms with Crippen molar-refractivity contribution in [2.45, 2.75) is 32.7 Å². The number of hydrogen-bond acceptors (Lipinski definition) is 4. The number of methoxy groups -OCH3 is 1. The lowest BCUT2D eigenvalue weighted by Crippen LogP contribution is -2.19. The molecule has 1 atom stereocenters. The minimum atomic E-state index is 0.190. The molecular formula is C10H18N4OS. The van der Waals surface area contributed by atoms with Crippen LogP contribution in [0.2, 0.25) is 0 Å². The summed E-state index contributed by atoms with van der Waals surface area (Å²) in [5.74, 6) is 0. The zero-order chi connectivity index (χ0) is 12.1. The lowest BCUT2D eigenvalue weighted by molar-refractivity contribution is 0.145. The smallest absolute Gasteiger partial charge is 0.143 e. The van der Waals surface area contributed by atoms with Gasteiger partial charge in [-0.1, -0.05) is 31.3 Å². The Morgan fingerprint density at radius 2 is 2.25 bits per heavy atom. The molecule has 0 fully saturated rings. The summed E-state index contributed by atoms with van der Waals surface area (Å²) in [6, 6.07) is 0.190. The van der Waals surface area contributed by atoms with E-state index in [0.717, 1.165) is 18.5 Å². The Morgan fingerprint density at radius 1 is 1.56 bits per heavy atom. The SMILES string of the molecule is CCc1c(C(N)=S)nnn1C(CC)COC. The number of nitrogens with zero attached hydrogens (tertiary/aromatic N) is 3. The van der Waals surface area contributed by atoms with Gasteiger partial charge in [0.25, 0.3) is 0 Å². The van der Waals surface area contributed by atoms with Gasteiger partial charge in [-0.25, -0.2) is 4.68 Å². The van der Waals surface area contributed by atoms with Crippen LogP contribution in [0.5, 0.6) is 0 Å². The molecule has 0 amide bonds. The lowest BCUT2D eigenvalue weighted by atomic mass is 10.2. The van der Waals surface area contributed by atoms with Gasteiger partial charge in [0.15, 0.2) is 0 Å². The normalized spacial score (nSPS) is 12.7. The van der Waals surface area contributed by atoms with E-state index >= 15 is 0 Å². The van der Waals surface area contributed by atoms with Crippen molar-refractivity contribution in [3.8, 4) is 0 Å². The van der Waals surface area contributed by atoms with Crippen molar-refractivity contribution >= 4 is 17.2 Å². The van der Waals surface area contributed by atoms with E-state index in [1.165, 1.54) is 0 Å². The fraction of sp³-hybridized carbons (Fsp3) is 0.700. The molecule has 0 aliphatic rings. The van der Waals surface area contributed by atoms with Crippen molar-refractivity contribution in [2.24, 2.45) is 5.73 Å². The second-order valence-corrected chi connectivity index (χ2v) is 4.00. The maximum absolute atomic E-state index is 5.60. The number of rotatable bonds is 6.